The van der Waals surface area contributed by atoms with Gasteiger partial charge < -0.3 is 19.8 Å². The van der Waals surface area contributed by atoms with Crippen LogP contribution in [0.1, 0.15) is 21.5 Å². The molecule has 54 heavy (non-hydrogen) atoms. The fourth-order valence-electron chi connectivity index (χ4n) is 5.86. The minimum Gasteiger partial charge on any atom is -0.489 e. The highest BCUT2D eigenvalue weighted by molar-refractivity contribution is 7.95. The Morgan fingerprint density at radius 3 is 2.26 bits per heavy atom. The molecule has 19 heteroatoms. The first-order chi connectivity index (χ1) is 26.0. The molecule has 5 N–H and O–H groups in total. The Bertz CT molecular complexity index is 2590. The lowest BCUT2D eigenvalue weighted by Gasteiger charge is -2.26. The van der Waals surface area contributed by atoms with E-state index >= 15 is 0 Å². The van der Waals surface area contributed by atoms with E-state index in [1.807, 2.05) is 0 Å². The average molecular weight is 811 g/mol. The number of carbonyl (C=O) groups is 1. The van der Waals surface area contributed by atoms with Crippen molar-refractivity contribution < 1.29 is 56.5 Å². The smallest absolute Gasteiger partial charge is 0.294 e. The first-order valence-electron chi connectivity index (χ1n) is 15.3. The fourth-order valence-corrected chi connectivity index (χ4v) is 7.46. The van der Waals surface area contributed by atoms with Crippen LogP contribution in [0, 0.1) is 0 Å². The third-order valence-electron chi connectivity index (χ3n) is 8.09. The molecule has 0 saturated carbocycles. The van der Waals surface area contributed by atoms with Crippen LogP contribution in [-0.4, -0.2) is 34.3 Å². The summed E-state index contributed by atoms with van der Waals surface area (Å²) in [4.78, 5) is 31.5. The molecule has 0 aliphatic heterocycles. The van der Waals surface area contributed by atoms with Gasteiger partial charge in [-0.1, -0.05) is 52.0 Å². The van der Waals surface area contributed by atoms with Gasteiger partial charge in [0.1, 0.15) is 18.1 Å². The molecule has 0 unspecified atom stereocenters. The van der Waals surface area contributed by atoms with E-state index in [1.54, 1.807) is 72.8 Å². The maximum absolute atomic E-state index is 14.5. The third-order valence-corrected chi connectivity index (χ3v) is 10.4. The molecule has 1 aliphatic carbocycles. The summed E-state index contributed by atoms with van der Waals surface area (Å²) < 4.78 is 55.1. The molecule has 0 amide bonds. The highest BCUT2D eigenvalue weighted by Crippen LogP contribution is 2.48. The number of nitrogens with one attached hydrogen (secondary N) is 2. The van der Waals surface area contributed by atoms with Crippen molar-refractivity contribution in [2.24, 2.45) is 0 Å². The molecule has 0 saturated heterocycles. The van der Waals surface area contributed by atoms with E-state index in [9.17, 15) is 22.6 Å². The Labute approximate surface area is 318 Å². The van der Waals surface area contributed by atoms with Crippen molar-refractivity contribution >= 4 is 73.9 Å². The van der Waals surface area contributed by atoms with E-state index in [-0.39, 0.29) is 50.8 Å². The van der Waals surface area contributed by atoms with Gasteiger partial charge in [-0.15, -0.1) is 8.67 Å². The fraction of sp³-hybridized carbons (Fsp3) is 0.0286. The van der Waals surface area contributed by atoms with E-state index in [1.165, 1.54) is 12.1 Å². The van der Waals surface area contributed by atoms with Crippen LogP contribution in [0.2, 0.25) is 5.02 Å². The molecule has 5 aromatic carbocycles. The quantitative estimate of drug-likeness (QED) is 0.0301. The lowest BCUT2D eigenvalue weighted by atomic mass is 9.81. The van der Waals surface area contributed by atoms with Crippen LogP contribution in [0.15, 0.2) is 117 Å². The lowest BCUT2D eigenvalue weighted by Crippen LogP contribution is -2.22. The number of ketones is 1. The molecule has 7 rings (SSSR count). The number of hydrogen-bond donors (Lipinski definition) is 5. The Kier molecular flexibility index (Phi) is 10.9. The van der Waals surface area contributed by atoms with Crippen LogP contribution in [0.4, 0.5) is 11.4 Å². The summed E-state index contributed by atoms with van der Waals surface area (Å²) in [7, 11) is -4.66. The number of aromatic amines is 1. The minimum atomic E-state index is -4.66. The zero-order valence-electron chi connectivity index (χ0n) is 27.0. The molecule has 0 bridgehead atoms. The van der Waals surface area contributed by atoms with Gasteiger partial charge in [0.05, 0.1) is 61.9 Å². The van der Waals surface area contributed by atoms with E-state index < -0.39 is 26.4 Å². The molecule has 0 radical (unpaired) electrons. The van der Waals surface area contributed by atoms with Crippen molar-refractivity contribution in [1.29, 1.82) is 0 Å². The maximum atomic E-state index is 14.5. The molecule has 6 aromatic rings. The first kappa shape index (κ1) is 37.4. The standard InChI is InChI=1S/C35H23ClN2O13S3/c36-18-8-10-19(11-9-18)47-28-16-27(37-26-13-12-22(54(43,44)45)15-29(26)53-51-49-42)31-32-30(23-6-1-2-7-24(23)34(31)39)25(35(40)38-33(28)32)17-46-20-4-3-5-21(14-20)52-50-48-41/h1-16,37,41-42H,17H2,(H,38,40)(H,43,44,45). The topological polar surface area (TPSA) is 212 Å². The predicted octanol–water partition coefficient (Wildman–Crippen LogP) is 8.61. The van der Waals surface area contributed by atoms with E-state index in [2.05, 4.69) is 29.0 Å². The summed E-state index contributed by atoms with van der Waals surface area (Å²) in [6, 6.07) is 24.8. The molecule has 15 nitrogen and oxygen atoms in total. The van der Waals surface area contributed by atoms with Gasteiger partial charge in [0.15, 0.2) is 11.5 Å². The molecule has 0 fully saturated rings. The number of anilines is 2. The maximum Gasteiger partial charge on any atom is 0.294 e. The normalized spacial score (nSPS) is 12.1. The number of ether oxygens (including phenoxy) is 2. The van der Waals surface area contributed by atoms with E-state index in [4.69, 9.17) is 31.6 Å². The number of carbonyl (C=O) groups excluding carboxylic acids is 1. The zero-order valence-corrected chi connectivity index (χ0v) is 30.2. The molecule has 0 atom stereocenters. The van der Waals surface area contributed by atoms with Gasteiger partial charge in [0.25, 0.3) is 15.7 Å². The molecular formula is C35H23ClN2O13S3. The van der Waals surface area contributed by atoms with Gasteiger partial charge in [-0.25, -0.2) is 10.5 Å². The van der Waals surface area contributed by atoms with Crippen LogP contribution in [0.25, 0.3) is 22.0 Å². The van der Waals surface area contributed by atoms with Crippen LogP contribution >= 0.6 is 35.7 Å². The largest absolute Gasteiger partial charge is 0.489 e. The molecule has 0 spiro atoms. The number of rotatable bonds is 14. The highest BCUT2D eigenvalue weighted by atomic mass is 35.5. The number of benzene rings is 5. The number of aromatic nitrogens is 1. The van der Waals surface area contributed by atoms with Crippen molar-refractivity contribution in [1.82, 2.24) is 4.98 Å². The van der Waals surface area contributed by atoms with Crippen molar-refractivity contribution in [3.63, 3.8) is 0 Å². The zero-order chi connectivity index (χ0) is 38.0. The Morgan fingerprint density at radius 1 is 0.778 bits per heavy atom. The van der Waals surface area contributed by atoms with Gasteiger partial charge in [-0.3, -0.25) is 14.1 Å². The number of fused-ring (bicyclic) bond motifs is 2. The molecule has 1 heterocycles. The third kappa shape index (κ3) is 7.67. The van der Waals surface area contributed by atoms with Gasteiger partial charge in [-0.05, 0) is 66.2 Å². The Balaban J connectivity index is 1.45. The van der Waals surface area contributed by atoms with Crippen LogP contribution in [-0.2, 0) is 35.5 Å². The Hall–Kier alpha value is -4.96. The van der Waals surface area contributed by atoms with Crippen LogP contribution in [0.3, 0.4) is 0 Å². The molecular weight excluding hydrogens is 788 g/mol. The van der Waals surface area contributed by atoms with Crippen LogP contribution in [0.5, 0.6) is 17.2 Å². The van der Waals surface area contributed by atoms with E-state index in [0.717, 1.165) is 24.2 Å². The molecule has 276 valence electrons. The first-order valence-corrected chi connectivity index (χ1v) is 18.6. The van der Waals surface area contributed by atoms with Gasteiger partial charge >= 0.3 is 0 Å². The highest BCUT2D eigenvalue weighted by Gasteiger charge is 2.33. The summed E-state index contributed by atoms with van der Waals surface area (Å²) in [6.45, 7) is -0.255. The van der Waals surface area contributed by atoms with Gasteiger partial charge in [0.2, 0.25) is 0 Å². The SMILES string of the molecule is O=C1c2ccccc2-c2c(COc3cccc(SOOO)c3)c(=O)[nH]c3c(Oc4ccc(Cl)cc4)cc(Nc4ccc(S(=O)(=O)O)cc4SOOO)c1c23. The lowest BCUT2D eigenvalue weighted by molar-refractivity contribution is -0.432. The van der Waals surface area contributed by atoms with Crippen LogP contribution < -0.4 is 20.3 Å². The number of pyridine rings is 1. The summed E-state index contributed by atoms with van der Waals surface area (Å²) in [6.07, 6.45) is 0. The number of hydrogen-bond acceptors (Lipinski definition) is 15. The second kappa shape index (κ2) is 15.8. The Morgan fingerprint density at radius 2 is 1.52 bits per heavy atom. The summed E-state index contributed by atoms with van der Waals surface area (Å²) in [5.74, 6) is 0.389. The van der Waals surface area contributed by atoms with Crippen molar-refractivity contribution in [3.8, 4) is 28.4 Å². The summed E-state index contributed by atoms with van der Waals surface area (Å²) in [5, 5.41) is 28.7. The summed E-state index contributed by atoms with van der Waals surface area (Å²) >= 11 is 7.25. The van der Waals surface area contributed by atoms with Crippen molar-refractivity contribution in [2.45, 2.75) is 21.3 Å². The van der Waals surface area contributed by atoms with Crippen molar-refractivity contribution in [3.05, 3.63) is 129 Å². The minimum absolute atomic E-state index is 0.0161. The average Bonchev–Trinajstić information content (AvgIpc) is 3.16. The monoisotopic (exact) mass is 810 g/mol. The second-order valence-electron chi connectivity index (χ2n) is 11.3. The van der Waals surface area contributed by atoms with Crippen molar-refractivity contribution in [2.75, 3.05) is 5.32 Å². The van der Waals surface area contributed by atoms with Gasteiger partial charge in [-0.2, -0.15) is 8.42 Å². The van der Waals surface area contributed by atoms with E-state index in [0.29, 0.717) is 50.0 Å². The molecule has 1 aromatic heterocycles. The summed E-state index contributed by atoms with van der Waals surface area (Å²) in [5.41, 5.74) is 1.39. The number of H-pyrrole nitrogens is 1. The number of halogens is 1. The second-order valence-corrected chi connectivity index (χ2v) is 14.6. The predicted molar refractivity (Wildman–Crippen MR) is 197 cm³/mol. The van der Waals surface area contributed by atoms with Gasteiger partial charge in [0, 0.05) is 32.5 Å². The molecule has 1 aliphatic rings.